The summed E-state index contributed by atoms with van der Waals surface area (Å²) < 4.78 is 1.47. The van der Waals surface area contributed by atoms with Crippen molar-refractivity contribution in [3.05, 3.63) is 24.2 Å². The number of carbonyl (C=O) groups excluding carboxylic acids is 3. The standard InChI is InChI=1S/C23H30N6O3/c1-13-3-2-4-14(7-13)10-26-23(32)18-9-15-8-17(15)29(18)20(30)12-28-19-11-25-6-5-16(19)21(27-28)22(24)31/h5-6,11,13-15,17-18H,2-4,7-10,12H2,1H3,(H2,24,31)(H,26,32)/t13-,14+,15-,17-,18+/m1/s1. The van der Waals surface area contributed by atoms with E-state index in [4.69, 9.17) is 5.73 Å². The highest BCUT2D eigenvalue weighted by Crippen LogP contribution is 2.48. The number of pyridine rings is 1. The SMILES string of the molecule is C[C@@H]1CCC[C@H](CNC(=O)[C@@H]2C[C@H]3C[C@H]3N2C(=O)Cn2nc(C(N)=O)c3ccncc32)C1. The highest BCUT2D eigenvalue weighted by molar-refractivity contribution is 6.04. The lowest BCUT2D eigenvalue weighted by molar-refractivity contribution is -0.140. The number of nitrogens with zero attached hydrogens (tertiary/aromatic N) is 4. The highest BCUT2D eigenvalue weighted by atomic mass is 16.2. The second kappa shape index (κ2) is 8.18. The van der Waals surface area contributed by atoms with Gasteiger partial charge in [-0.1, -0.05) is 19.8 Å². The molecule has 3 fully saturated rings. The molecule has 0 bridgehead atoms. The highest BCUT2D eigenvalue weighted by Gasteiger charge is 2.56. The zero-order valence-corrected chi connectivity index (χ0v) is 18.4. The Balaban J connectivity index is 1.28. The van der Waals surface area contributed by atoms with Gasteiger partial charge in [0, 0.05) is 24.2 Å². The van der Waals surface area contributed by atoms with Crippen molar-refractivity contribution in [3.63, 3.8) is 0 Å². The van der Waals surface area contributed by atoms with E-state index >= 15 is 0 Å². The fourth-order valence-electron chi connectivity index (χ4n) is 5.69. The number of amides is 3. The van der Waals surface area contributed by atoms with Gasteiger partial charge in [0.1, 0.15) is 12.6 Å². The van der Waals surface area contributed by atoms with Gasteiger partial charge in [-0.15, -0.1) is 0 Å². The zero-order chi connectivity index (χ0) is 22.4. The van der Waals surface area contributed by atoms with Crippen LogP contribution in [0.3, 0.4) is 0 Å². The molecule has 5 atom stereocenters. The van der Waals surface area contributed by atoms with Crippen LogP contribution in [0.25, 0.3) is 10.9 Å². The Morgan fingerprint density at radius 3 is 2.84 bits per heavy atom. The summed E-state index contributed by atoms with van der Waals surface area (Å²) in [6.07, 6.45) is 9.61. The van der Waals surface area contributed by atoms with Crippen LogP contribution in [0.1, 0.15) is 55.9 Å². The van der Waals surface area contributed by atoms with Gasteiger partial charge < -0.3 is 16.0 Å². The predicted molar refractivity (Wildman–Crippen MR) is 117 cm³/mol. The van der Waals surface area contributed by atoms with Crippen LogP contribution in [0.2, 0.25) is 0 Å². The molecule has 0 aromatic carbocycles. The topological polar surface area (TPSA) is 123 Å². The molecule has 32 heavy (non-hydrogen) atoms. The number of fused-ring (bicyclic) bond motifs is 2. The largest absolute Gasteiger partial charge is 0.364 e. The lowest BCUT2D eigenvalue weighted by Crippen LogP contribution is -2.49. The lowest BCUT2D eigenvalue weighted by Gasteiger charge is -2.30. The van der Waals surface area contributed by atoms with Crippen LogP contribution in [0.15, 0.2) is 18.5 Å². The van der Waals surface area contributed by atoms with E-state index in [0.29, 0.717) is 35.2 Å². The first-order chi connectivity index (χ1) is 15.4. The molecule has 1 aliphatic heterocycles. The van der Waals surface area contributed by atoms with Crippen molar-refractivity contribution in [3.8, 4) is 0 Å². The first-order valence-corrected chi connectivity index (χ1v) is 11.6. The summed E-state index contributed by atoms with van der Waals surface area (Å²) in [5.74, 6) is 0.788. The average molecular weight is 439 g/mol. The van der Waals surface area contributed by atoms with Crippen LogP contribution in [-0.4, -0.2) is 56.0 Å². The summed E-state index contributed by atoms with van der Waals surface area (Å²) in [4.78, 5) is 43.9. The van der Waals surface area contributed by atoms with Gasteiger partial charge in [0.25, 0.3) is 5.91 Å². The molecule has 1 saturated heterocycles. The van der Waals surface area contributed by atoms with Crippen molar-refractivity contribution in [1.82, 2.24) is 25.0 Å². The van der Waals surface area contributed by atoms with Crippen LogP contribution in [0.5, 0.6) is 0 Å². The Bertz CT molecular complexity index is 1070. The molecule has 2 aliphatic carbocycles. The van der Waals surface area contributed by atoms with Crippen LogP contribution in [-0.2, 0) is 16.1 Å². The number of nitrogens with two attached hydrogens (primary N) is 1. The number of likely N-dealkylation sites (tertiary alicyclic amines) is 1. The van der Waals surface area contributed by atoms with E-state index in [1.54, 1.807) is 23.4 Å². The molecular weight excluding hydrogens is 408 g/mol. The van der Waals surface area contributed by atoms with Crippen LogP contribution < -0.4 is 11.1 Å². The van der Waals surface area contributed by atoms with Crippen LogP contribution in [0.4, 0.5) is 0 Å². The van der Waals surface area contributed by atoms with Crippen molar-refractivity contribution in [1.29, 1.82) is 0 Å². The van der Waals surface area contributed by atoms with Crippen molar-refractivity contribution in [2.24, 2.45) is 23.5 Å². The minimum atomic E-state index is -0.648. The summed E-state index contributed by atoms with van der Waals surface area (Å²) in [7, 11) is 0. The molecule has 0 radical (unpaired) electrons. The number of piperidine rings is 1. The Morgan fingerprint density at radius 1 is 1.22 bits per heavy atom. The van der Waals surface area contributed by atoms with Crippen molar-refractivity contribution in [2.45, 2.75) is 64.1 Å². The monoisotopic (exact) mass is 438 g/mol. The number of rotatable bonds is 6. The number of hydrogen-bond donors (Lipinski definition) is 2. The van der Waals surface area contributed by atoms with E-state index in [2.05, 4.69) is 22.3 Å². The third-order valence-electron chi connectivity index (χ3n) is 7.38. The minimum Gasteiger partial charge on any atom is -0.364 e. The average Bonchev–Trinajstić information content (AvgIpc) is 3.28. The normalized spacial score (nSPS) is 29.0. The van der Waals surface area contributed by atoms with E-state index in [0.717, 1.165) is 25.7 Å². The quantitative estimate of drug-likeness (QED) is 0.707. The van der Waals surface area contributed by atoms with Gasteiger partial charge in [-0.3, -0.25) is 24.0 Å². The minimum absolute atomic E-state index is 0.0476. The molecule has 2 aromatic heterocycles. The smallest absolute Gasteiger partial charge is 0.269 e. The molecular formula is C23H30N6O3. The van der Waals surface area contributed by atoms with Gasteiger partial charge in [-0.05, 0) is 49.5 Å². The Morgan fingerprint density at radius 2 is 2.06 bits per heavy atom. The maximum atomic E-state index is 13.3. The van der Waals surface area contributed by atoms with Crippen molar-refractivity contribution in [2.75, 3.05) is 6.54 Å². The zero-order valence-electron chi connectivity index (χ0n) is 18.4. The number of carbonyl (C=O) groups is 3. The molecule has 3 aliphatic rings. The van der Waals surface area contributed by atoms with Gasteiger partial charge in [0.15, 0.2) is 5.69 Å². The molecule has 9 nitrogen and oxygen atoms in total. The first-order valence-electron chi connectivity index (χ1n) is 11.6. The molecule has 3 N–H and O–H groups in total. The van der Waals surface area contributed by atoms with E-state index < -0.39 is 11.9 Å². The predicted octanol–water partition coefficient (Wildman–Crippen LogP) is 1.46. The van der Waals surface area contributed by atoms with E-state index in [1.165, 1.54) is 17.5 Å². The van der Waals surface area contributed by atoms with Crippen molar-refractivity contribution >= 4 is 28.6 Å². The third kappa shape index (κ3) is 3.84. The van der Waals surface area contributed by atoms with Gasteiger partial charge in [0.05, 0.1) is 11.7 Å². The maximum Gasteiger partial charge on any atom is 0.269 e. The molecule has 5 rings (SSSR count). The first kappa shape index (κ1) is 20.9. The fourth-order valence-corrected chi connectivity index (χ4v) is 5.69. The maximum absolute atomic E-state index is 13.3. The molecule has 9 heteroatoms. The summed E-state index contributed by atoms with van der Waals surface area (Å²) in [6, 6.07) is 1.37. The molecule has 2 aromatic rings. The molecule has 0 spiro atoms. The van der Waals surface area contributed by atoms with E-state index in [9.17, 15) is 14.4 Å². The van der Waals surface area contributed by atoms with Crippen LogP contribution in [0, 0.1) is 17.8 Å². The lowest BCUT2D eigenvalue weighted by atomic mass is 9.82. The van der Waals surface area contributed by atoms with E-state index in [-0.39, 0.29) is 30.1 Å². The van der Waals surface area contributed by atoms with Gasteiger partial charge in [-0.2, -0.15) is 5.10 Å². The molecule has 2 saturated carbocycles. The summed E-state index contributed by atoms with van der Waals surface area (Å²) in [6.45, 7) is 2.91. The molecule has 3 heterocycles. The van der Waals surface area contributed by atoms with Gasteiger partial charge in [-0.25, -0.2) is 0 Å². The number of primary amides is 1. The summed E-state index contributed by atoms with van der Waals surface area (Å²) in [5.41, 5.74) is 6.16. The van der Waals surface area contributed by atoms with Gasteiger partial charge >= 0.3 is 0 Å². The number of hydrogen-bond acceptors (Lipinski definition) is 5. The molecule has 0 unspecified atom stereocenters. The summed E-state index contributed by atoms with van der Waals surface area (Å²) in [5, 5.41) is 7.97. The number of aromatic nitrogens is 3. The fraction of sp³-hybridized carbons (Fsp3) is 0.609. The second-order valence-electron chi connectivity index (χ2n) is 9.76. The van der Waals surface area contributed by atoms with E-state index in [1.807, 2.05) is 0 Å². The third-order valence-corrected chi connectivity index (χ3v) is 7.38. The molecule has 3 amide bonds. The number of nitrogens with one attached hydrogen (secondary N) is 1. The van der Waals surface area contributed by atoms with Crippen molar-refractivity contribution < 1.29 is 14.4 Å². The van der Waals surface area contributed by atoms with Gasteiger partial charge in [0.2, 0.25) is 11.8 Å². The Hall–Kier alpha value is -2.97. The summed E-state index contributed by atoms with van der Waals surface area (Å²) >= 11 is 0. The Labute approximate surface area is 186 Å². The molecule has 170 valence electrons. The van der Waals surface area contributed by atoms with Crippen LogP contribution >= 0.6 is 0 Å². The Kier molecular flexibility index (Phi) is 5.35. The second-order valence-corrected chi connectivity index (χ2v) is 9.76.